The lowest BCUT2D eigenvalue weighted by atomic mass is 10.2. The van der Waals surface area contributed by atoms with E-state index in [1.54, 1.807) is 0 Å². The monoisotopic (exact) mass is 379 g/mol. The summed E-state index contributed by atoms with van der Waals surface area (Å²) in [5.41, 5.74) is 6.82. The molecular formula is C16H18BrN3O3. The van der Waals surface area contributed by atoms with Crippen molar-refractivity contribution in [1.29, 1.82) is 0 Å². The van der Waals surface area contributed by atoms with E-state index in [9.17, 15) is 9.59 Å². The van der Waals surface area contributed by atoms with Gasteiger partial charge in [-0.05, 0) is 41.8 Å². The van der Waals surface area contributed by atoms with Crippen LogP contribution in [0.15, 0.2) is 28.7 Å². The highest BCUT2D eigenvalue weighted by Crippen LogP contribution is 2.30. The molecule has 1 aliphatic heterocycles. The Balaban J connectivity index is 1.66. The van der Waals surface area contributed by atoms with E-state index in [0.717, 1.165) is 27.5 Å². The van der Waals surface area contributed by atoms with Crippen LogP contribution < -0.4 is 10.9 Å². The molecule has 2 N–H and O–H groups in total. The number of hydrogen-bond acceptors (Lipinski definition) is 3. The first kappa shape index (κ1) is 16.0. The minimum atomic E-state index is -0.460. The van der Waals surface area contributed by atoms with Crippen LogP contribution in [-0.4, -0.2) is 29.1 Å². The number of halogens is 1. The second-order valence-electron chi connectivity index (χ2n) is 5.54. The molecule has 7 heteroatoms. The van der Waals surface area contributed by atoms with Crippen molar-refractivity contribution in [2.45, 2.75) is 32.4 Å². The lowest BCUT2D eigenvalue weighted by Gasteiger charge is -2.13. The molecule has 1 fully saturated rings. The molecule has 3 rings (SSSR count). The Bertz CT molecular complexity index is 750. The molecule has 1 saturated heterocycles. The van der Waals surface area contributed by atoms with Crippen LogP contribution in [0.25, 0.3) is 10.9 Å². The molecule has 1 aromatic heterocycles. The fourth-order valence-electron chi connectivity index (χ4n) is 2.77. The van der Waals surface area contributed by atoms with Gasteiger partial charge >= 0.3 is 0 Å². The number of nitrogens with one attached hydrogen (secondary N) is 2. The van der Waals surface area contributed by atoms with Crippen LogP contribution in [0.2, 0.25) is 0 Å². The van der Waals surface area contributed by atoms with Gasteiger partial charge in [-0.25, -0.2) is 0 Å². The molecule has 0 aliphatic carbocycles. The molecule has 6 nitrogen and oxygen atoms in total. The Morgan fingerprint density at radius 3 is 2.87 bits per heavy atom. The summed E-state index contributed by atoms with van der Waals surface area (Å²) in [5.74, 6) is -0.584. The van der Waals surface area contributed by atoms with E-state index < -0.39 is 6.10 Å². The average Bonchev–Trinajstić information content (AvgIpc) is 3.17. The van der Waals surface area contributed by atoms with Crippen LogP contribution >= 0.6 is 15.9 Å². The summed E-state index contributed by atoms with van der Waals surface area (Å²) in [6.07, 6.45) is 1.10. The van der Waals surface area contributed by atoms with Gasteiger partial charge in [0.15, 0.2) is 0 Å². The Morgan fingerprint density at radius 1 is 1.35 bits per heavy atom. The Kier molecular flexibility index (Phi) is 4.68. The lowest BCUT2D eigenvalue weighted by molar-refractivity contribution is -0.135. The predicted octanol–water partition coefficient (Wildman–Crippen LogP) is 2.04. The molecule has 0 spiro atoms. The van der Waals surface area contributed by atoms with Crippen molar-refractivity contribution in [3.63, 3.8) is 0 Å². The first-order valence-corrected chi connectivity index (χ1v) is 8.31. The molecular weight excluding hydrogens is 362 g/mol. The Hall–Kier alpha value is -1.86. The summed E-state index contributed by atoms with van der Waals surface area (Å²) in [4.78, 5) is 24.0. The third-order valence-corrected chi connectivity index (χ3v) is 5.00. The molecule has 1 unspecified atom stereocenters. The highest BCUT2D eigenvalue weighted by atomic mass is 79.9. The van der Waals surface area contributed by atoms with Crippen LogP contribution in [0.3, 0.4) is 0 Å². The fourth-order valence-corrected chi connectivity index (χ4v) is 3.32. The van der Waals surface area contributed by atoms with Crippen molar-refractivity contribution in [2.24, 2.45) is 0 Å². The lowest BCUT2D eigenvalue weighted by Crippen LogP contribution is -2.47. The second-order valence-corrected chi connectivity index (χ2v) is 6.33. The number of rotatable bonds is 3. The van der Waals surface area contributed by atoms with Gasteiger partial charge in [0, 0.05) is 27.7 Å². The number of nitrogens with zero attached hydrogens (tertiary/aromatic N) is 1. The van der Waals surface area contributed by atoms with Crippen LogP contribution in [0, 0.1) is 6.92 Å². The quantitative estimate of drug-likeness (QED) is 0.801. The SMILES string of the molecule is Cc1c(Br)c2ccccc2n1CC(=O)NNC(=O)C1CCCO1. The fraction of sp³-hybridized carbons (Fsp3) is 0.375. The summed E-state index contributed by atoms with van der Waals surface area (Å²) in [6, 6.07) is 7.85. The number of benzene rings is 1. The van der Waals surface area contributed by atoms with Crippen molar-refractivity contribution in [1.82, 2.24) is 15.4 Å². The van der Waals surface area contributed by atoms with Gasteiger partial charge in [-0.15, -0.1) is 0 Å². The largest absolute Gasteiger partial charge is 0.368 e. The molecule has 1 aliphatic rings. The Labute approximate surface area is 142 Å². The number of carbonyl (C=O) groups excluding carboxylic acids is 2. The number of hydrogen-bond donors (Lipinski definition) is 2. The maximum Gasteiger partial charge on any atom is 0.267 e. The predicted molar refractivity (Wildman–Crippen MR) is 89.6 cm³/mol. The van der Waals surface area contributed by atoms with Gasteiger partial charge in [0.2, 0.25) is 0 Å². The average molecular weight is 380 g/mol. The first-order chi connectivity index (χ1) is 11.1. The van der Waals surface area contributed by atoms with Crippen molar-refractivity contribution < 1.29 is 14.3 Å². The molecule has 0 radical (unpaired) electrons. The number of carbonyl (C=O) groups is 2. The van der Waals surface area contributed by atoms with E-state index in [1.165, 1.54) is 0 Å². The number of hydrazine groups is 1. The van der Waals surface area contributed by atoms with Gasteiger partial charge in [-0.3, -0.25) is 20.4 Å². The van der Waals surface area contributed by atoms with Crippen LogP contribution in [0.5, 0.6) is 0 Å². The topological polar surface area (TPSA) is 72.4 Å². The van der Waals surface area contributed by atoms with Crippen LogP contribution in [0.4, 0.5) is 0 Å². The van der Waals surface area contributed by atoms with Crippen LogP contribution in [0.1, 0.15) is 18.5 Å². The van der Waals surface area contributed by atoms with Crippen LogP contribution in [-0.2, 0) is 20.9 Å². The molecule has 0 bridgehead atoms. The number of para-hydroxylation sites is 1. The zero-order chi connectivity index (χ0) is 16.4. The van der Waals surface area contributed by atoms with Gasteiger partial charge in [-0.1, -0.05) is 18.2 Å². The molecule has 122 valence electrons. The van der Waals surface area contributed by atoms with E-state index in [4.69, 9.17) is 4.74 Å². The highest BCUT2D eigenvalue weighted by Gasteiger charge is 2.24. The summed E-state index contributed by atoms with van der Waals surface area (Å²) >= 11 is 3.56. The molecule has 23 heavy (non-hydrogen) atoms. The maximum atomic E-state index is 12.1. The molecule has 1 atom stereocenters. The summed E-state index contributed by atoms with van der Waals surface area (Å²) < 4.78 is 8.16. The number of fused-ring (bicyclic) bond motifs is 1. The van der Waals surface area contributed by atoms with E-state index in [-0.39, 0.29) is 18.4 Å². The van der Waals surface area contributed by atoms with E-state index in [0.29, 0.717) is 13.0 Å². The normalized spacial score (nSPS) is 17.4. The summed E-state index contributed by atoms with van der Waals surface area (Å²) in [7, 11) is 0. The van der Waals surface area contributed by atoms with Crippen molar-refractivity contribution in [3.8, 4) is 0 Å². The molecule has 2 heterocycles. The van der Waals surface area contributed by atoms with E-state index >= 15 is 0 Å². The molecule has 1 aromatic carbocycles. The second kappa shape index (κ2) is 6.72. The van der Waals surface area contributed by atoms with E-state index in [2.05, 4.69) is 26.8 Å². The highest BCUT2D eigenvalue weighted by molar-refractivity contribution is 9.10. The number of aromatic nitrogens is 1. The first-order valence-electron chi connectivity index (χ1n) is 7.51. The smallest absolute Gasteiger partial charge is 0.267 e. The maximum absolute atomic E-state index is 12.1. The van der Waals surface area contributed by atoms with Gasteiger partial charge in [0.25, 0.3) is 11.8 Å². The molecule has 0 saturated carbocycles. The van der Waals surface area contributed by atoms with Gasteiger partial charge in [-0.2, -0.15) is 0 Å². The molecule has 2 aromatic rings. The third-order valence-electron chi connectivity index (χ3n) is 4.00. The third kappa shape index (κ3) is 3.25. The van der Waals surface area contributed by atoms with Crippen molar-refractivity contribution in [2.75, 3.05) is 6.61 Å². The van der Waals surface area contributed by atoms with E-state index in [1.807, 2.05) is 35.8 Å². The minimum Gasteiger partial charge on any atom is -0.368 e. The zero-order valence-electron chi connectivity index (χ0n) is 12.8. The van der Waals surface area contributed by atoms with Gasteiger partial charge in [0.1, 0.15) is 12.6 Å². The zero-order valence-corrected chi connectivity index (χ0v) is 14.4. The molecule has 2 amide bonds. The standard InChI is InChI=1S/C16H18BrN3O3/c1-10-15(17)11-5-2-3-6-12(11)20(10)9-14(21)18-19-16(22)13-7-4-8-23-13/h2-3,5-6,13H,4,7-9H2,1H3,(H,18,21)(H,19,22). The van der Waals surface area contributed by atoms with Gasteiger partial charge in [0.05, 0.1) is 0 Å². The number of ether oxygens (including phenoxy) is 1. The Morgan fingerprint density at radius 2 is 2.13 bits per heavy atom. The van der Waals surface area contributed by atoms with Crippen molar-refractivity contribution >= 4 is 38.6 Å². The van der Waals surface area contributed by atoms with Crippen molar-refractivity contribution in [3.05, 3.63) is 34.4 Å². The minimum absolute atomic E-state index is 0.129. The van der Waals surface area contributed by atoms with Gasteiger partial charge < -0.3 is 9.30 Å². The summed E-state index contributed by atoms with van der Waals surface area (Å²) in [5, 5.41) is 1.06. The summed E-state index contributed by atoms with van der Waals surface area (Å²) in [6.45, 7) is 2.67. The number of amides is 2.